The zero-order valence-corrected chi connectivity index (χ0v) is 14.8. The van der Waals surface area contributed by atoms with Gasteiger partial charge in [-0.3, -0.25) is 4.79 Å². The smallest absolute Gasteiger partial charge is 0.232 e. The van der Waals surface area contributed by atoms with Crippen LogP contribution in [0, 0.1) is 0 Å². The zero-order valence-electron chi connectivity index (χ0n) is 14.8. The molecule has 0 spiro atoms. The third-order valence-electron chi connectivity index (χ3n) is 4.06. The van der Waals surface area contributed by atoms with E-state index in [2.05, 4.69) is 31.3 Å². The number of nitrogens with zero attached hydrogens (tertiary/aromatic N) is 3. The number of tetrazole rings is 1. The molecule has 1 amide bonds. The summed E-state index contributed by atoms with van der Waals surface area (Å²) < 4.78 is 0. The fourth-order valence-electron chi connectivity index (χ4n) is 2.63. The Morgan fingerprint density at radius 1 is 1.11 bits per heavy atom. The molecule has 27 heavy (non-hydrogen) atoms. The molecule has 0 fully saturated rings. The number of carbonyl (C=O) groups excluding carboxylic acids is 1. The average molecular weight is 366 g/mol. The van der Waals surface area contributed by atoms with Crippen molar-refractivity contribution in [3.8, 4) is 0 Å². The van der Waals surface area contributed by atoms with Gasteiger partial charge in [-0.05, 0) is 36.2 Å². The molecule has 0 unspecified atom stereocenters. The summed E-state index contributed by atoms with van der Waals surface area (Å²) in [6, 6.07) is 17.3. The van der Waals surface area contributed by atoms with Crippen molar-refractivity contribution in [2.45, 2.75) is 18.9 Å². The first kappa shape index (κ1) is 18.7. The van der Waals surface area contributed by atoms with Crippen molar-refractivity contribution in [2.24, 2.45) is 0 Å². The van der Waals surface area contributed by atoms with Crippen molar-refractivity contribution in [1.29, 1.82) is 0 Å². The molecule has 0 aliphatic heterocycles. The fraction of sp³-hybridized carbons (Fsp3) is 0.263. The number of hydrogen-bond acceptors (Lipinski definition) is 6. The molecule has 140 valence electrons. The summed E-state index contributed by atoms with van der Waals surface area (Å²) in [5.74, 6) is 0.161. The second-order valence-electron chi connectivity index (χ2n) is 6.13. The van der Waals surface area contributed by atoms with Crippen LogP contribution in [0.5, 0.6) is 0 Å². The second-order valence-corrected chi connectivity index (χ2v) is 6.13. The quantitative estimate of drug-likeness (QED) is 0.424. The number of amides is 1. The lowest BCUT2D eigenvalue weighted by molar-refractivity contribution is -0.115. The minimum absolute atomic E-state index is 0.0753. The Hall–Kier alpha value is -3.10. The Labute approximate surface area is 157 Å². The van der Waals surface area contributed by atoms with E-state index >= 15 is 0 Å². The lowest BCUT2D eigenvalue weighted by atomic mass is 10.1. The van der Waals surface area contributed by atoms with Gasteiger partial charge in [-0.2, -0.15) is 5.21 Å². The van der Waals surface area contributed by atoms with Crippen molar-refractivity contribution in [1.82, 2.24) is 25.9 Å². The van der Waals surface area contributed by atoms with Gasteiger partial charge < -0.3 is 15.7 Å². The average Bonchev–Trinajstić information content (AvgIpc) is 3.20. The Bertz CT molecular complexity index is 821. The highest BCUT2D eigenvalue weighted by Gasteiger charge is 2.08. The highest BCUT2D eigenvalue weighted by molar-refractivity contribution is 5.91. The van der Waals surface area contributed by atoms with Crippen LogP contribution in [0.15, 0.2) is 54.6 Å². The molecule has 1 heterocycles. The molecule has 1 atom stereocenters. The summed E-state index contributed by atoms with van der Waals surface area (Å²) in [5.41, 5.74) is 2.78. The Morgan fingerprint density at radius 2 is 1.89 bits per heavy atom. The van der Waals surface area contributed by atoms with Crippen LogP contribution < -0.4 is 10.6 Å². The summed E-state index contributed by atoms with van der Waals surface area (Å²) in [4.78, 5) is 11.9. The van der Waals surface area contributed by atoms with Crippen LogP contribution in [0.2, 0.25) is 0 Å². The van der Waals surface area contributed by atoms with E-state index in [1.54, 1.807) is 0 Å². The van der Waals surface area contributed by atoms with Gasteiger partial charge in [-0.25, -0.2) is 0 Å². The molecule has 0 radical (unpaired) electrons. The topological polar surface area (TPSA) is 116 Å². The molecule has 1 aromatic heterocycles. The maximum absolute atomic E-state index is 11.9. The first-order valence-corrected chi connectivity index (χ1v) is 8.75. The van der Waals surface area contributed by atoms with E-state index < -0.39 is 6.10 Å². The largest absolute Gasteiger partial charge is 0.387 e. The van der Waals surface area contributed by atoms with Gasteiger partial charge in [0, 0.05) is 12.2 Å². The van der Waals surface area contributed by atoms with Crippen molar-refractivity contribution in [3.63, 3.8) is 0 Å². The zero-order chi connectivity index (χ0) is 18.9. The third-order valence-corrected chi connectivity index (χ3v) is 4.06. The Balaban J connectivity index is 1.38. The van der Waals surface area contributed by atoms with Crippen LogP contribution in [0.25, 0.3) is 0 Å². The Morgan fingerprint density at radius 3 is 2.59 bits per heavy atom. The van der Waals surface area contributed by atoms with Gasteiger partial charge >= 0.3 is 0 Å². The SMILES string of the molecule is O=C(Cc1nn[nH]n1)Nc1ccc(CCNC[C@H](O)c2ccccc2)cc1. The lowest BCUT2D eigenvalue weighted by Crippen LogP contribution is -2.23. The number of H-pyrrole nitrogens is 1. The first-order valence-electron chi connectivity index (χ1n) is 8.75. The molecule has 3 rings (SSSR count). The molecule has 0 aliphatic rings. The van der Waals surface area contributed by atoms with Gasteiger partial charge in [-0.15, -0.1) is 10.2 Å². The molecule has 0 saturated heterocycles. The second kappa shape index (κ2) is 9.56. The Kier molecular flexibility index (Phi) is 6.61. The maximum atomic E-state index is 11.9. The number of nitrogens with one attached hydrogen (secondary N) is 3. The van der Waals surface area contributed by atoms with Crippen molar-refractivity contribution in [3.05, 3.63) is 71.5 Å². The standard InChI is InChI=1S/C19H22N6O2/c26-17(15-4-2-1-3-5-15)13-20-11-10-14-6-8-16(9-7-14)21-19(27)12-18-22-24-25-23-18/h1-9,17,20,26H,10-13H2,(H,21,27)(H,22,23,24,25)/t17-/m0/s1. The monoisotopic (exact) mass is 366 g/mol. The highest BCUT2D eigenvalue weighted by Crippen LogP contribution is 2.12. The van der Waals surface area contributed by atoms with E-state index in [1.807, 2.05) is 54.6 Å². The minimum atomic E-state index is -0.511. The molecule has 0 aliphatic carbocycles. The molecular formula is C19H22N6O2. The maximum Gasteiger partial charge on any atom is 0.232 e. The van der Waals surface area contributed by atoms with Gasteiger partial charge in [0.2, 0.25) is 5.91 Å². The van der Waals surface area contributed by atoms with Crippen LogP contribution in [0.4, 0.5) is 5.69 Å². The number of aliphatic hydroxyl groups excluding tert-OH is 1. The van der Waals surface area contributed by atoms with Gasteiger partial charge in [0.25, 0.3) is 0 Å². The van der Waals surface area contributed by atoms with Gasteiger partial charge in [0.05, 0.1) is 12.5 Å². The predicted octanol–water partition coefficient (Wildman–Crippen LogP) is 1.25. The van der Waals surface area contributed by atoms with Gasteiger partial charge in [0.15, 0.2) is 5.82 Å². The van der Waals surface area contributed by atoms with Crippen molar-refractivity contribution >= 4 is 11.6 Å². The summed E-state index contributed by atoms with van der Waals surface area (Å²) in [5, 5.41) is 29.4. The molecule has 0 bridgehead atoms. The summed E-state index contributed by atoms with van der Waals surface area (Å²) in [6.07, 6.45) is 0.396. The normalized spacial score (nSPS) is 11.9. The molecule has 0 saturated carbocycles. The molecule has 4 N–H and O–H groups in total. The predicted molar refractivity (Wildman–Crippen MR) is 101 cm³/mol. The highest BCUT2D eigenvalue weighted by atomic mass is 16.3. The van der Waals surface area contributed by atoms with E-state index in [1.165, 1.54) is 0 Å². The molecule has 2 aromatic carbocycles. The number of hydrogen-bond donors (Lipinski definition) is 4. The van der Waals surface area contributed by atoms with Gasteiger partial charge in [0.1, 0.15) is 0 Å². The molecular weight excluding hydrogens is 344 g/mol. The molecule has 8 nitrogen and oxygen atoms in total. The number of aromatic amines is 1. The van der Waals surface area contributed by atoms with Crippen LogP contribution in [-0.2, 0) is 17.6 Å². The van der Waals surface area contributed by atoms with E-state index in [0.29, 0.717) is 12.4 Å². The number of aliphatic hydroxyl groups is 1. The number of benzene rings is 2. The lowest BCUT2D eigenvalue weighted by Gasteiger charge is -2.12. The minimum Gasteiger partial charge on any atom is -0.387 e. The first-order chi connectivity index (χ1) is 13.2. The van der Waals surface area contributed by atoms with E-state index in [-0.39, 0.29) is 12.3 Å². The number of anilines is 1. The van der Waals surface area contributed by atoms with Crippen LogP contribution >= 0.6 is 0 Å². The third kappa shape index (κ3) is 5.98. The van der Waals surface area contributed by atoms with Crippen LogP contribution in [0.1, 0.15) is 23.1 Å². The van der Waals surface area contributed by atoms with Crippen LogP contribution in [-0.4, -0.2) is 44.7 Å². The van der Waals surface area contributed by atoms with E-state index in [0.717, 1.165) is 29.8 Å². The molecule has 8 heteroatoms. The number of aromatic nitrogens is 4. The number of carbonyl (C=O) groups is 1. The summed E-state index contributed by atoms with van der Waals surface area (Å²) in [6.45, 7) is 1.27. The summed E-state index contributed by atoms with van der Waals surface area (Å²) in [7, 11) is 0. The van der Waals surface area contributed by atoms with Gasteiger partial charge in [-0.1, -0.05) is 47.7 Å². The van der Waals surface area contributed by atoms with E-state index in [9.17, 15) is 9.90 Å². The number of rotatable bonds is 9. The van der Waals surface area contributed by atoms with Crippen molar-refractivity contribution in [2.75, 3.05) is 18.4 Å². The van der Waals surface area contributed by atoms with Crippen molar-refractivity contribution < 1.29 is 9.90 Å². The molecule has 3 aromatic rings. The van der Waals surface area contributed by atoms with E-state index in [4.69, 9.17) is 0 Å². The van der Waals surface area contributed by atoms with Crippen LogP contribution in [0.3, 0.4) is 0 Å². The fourth-order valence-corrected chi connectivity index (χ4v) is 2.63. The summed E-state index contributed by atoms with van der Waals surface area (Å²) >= 11 is 0.